The summed E-state index contributed by atoms with van der Waals surface area (Å²) < 4.78 is 0. The summed E-state index contributed by atoms with van der Waals surface area (Å²) in [5, 5.41) is 0. The topological polar surface area (TPSA) is 20.3 Å². The molecule has 25 heavy (non-hydrogen) atoms. The fourth-order valence-corrected chi connectivity index (χ4v) is 3.26. The van der Waals surface area contributed by atoms with Gasteiger partial charge < -0.3 is 4.90 Å². The van der Waals surface area contributed by atoms with Gasteiger partial charge in [0.15, 0.2) is 0 Å². The first-order valence-corrected chi connectivity index (χ1v) is 10.5. The zero-order chi connectivity index (χ0) is 18.3. The molecule has 0 spiro atoms. The Bertz CT molecular complexity index is 469. The number of rotatable bonds is 14. The van der Waals surface area contributed by atoms with Gasteiger partial charge in [0, 0.05) is 18.7 Å². The predicted molar refractivity (Wildman–Crippen MR) is 109 cm³/mol. The molecule has 1 aromatic carbocycles. The van der Waals surface area contributed by atoms with Crippen LogP contribution in [0.2, 0.25) is 0 Å². The summed E-state index contributed by atoms with van der Waals surface area (Å²) in [5.74, 6) is 0.216. The molecule has 0 bridgehead atoms. The molecule has 0 aromatic heterocycles. The van der Waals surface area contributed by atoms with Crippen molar-refractivity contribution in [3.63, 3.8) is 0 Å². The lowest BCUT2D eigenvalue weighted by molar-refractivity contribution is 0.0749. The number of carbonyl (C=O) groups excluding carboxylic acids is 1. The molecule has 1 amide bonds. The number of carbonyl (C=O) groups is 1. The van der Waals surface area contributed by atoms with Crippen LogP contribution in [0.3, 0.4) is 0 Å². The Kier molecular flexibility index (Phi) is 12.1. The van der Waals surface area contributed by atoms with Crippen molar-refractivity contribution >= 4 is 5.91 Å². The van der Waals surface area contributed by atoms with Gasteiger partial charge in [-0.3, -0.25) is 4.79 Å². The first-order chi connectivity index (χ1) is 12.2. The highest BCUT2D eigenvalue weighted by Crippen LogP contribution is 2.13. The summed E-state index contributed by atoms with van der Waals surface area (Å²) in [7, 11) is 0. The van der Waals surface area contributed by atoms with Gasteiger partial charge in [0.2, 0.25) is 0 Å². The van der Waals surface area contributed by atoms with Crippen LogP contribution in [0.5, 0.6) is 0 Å². The Balaban J connectivity index is 2.49. The molecule has 0 saturated carbocycles. The van der Waals surface area contributed by atoms with Gasteiger partial charge in [-0.15, -0.1) is 0 Å². The van der Waals surface area contributed by atoms with Crippen LogP contribution in [-0.4, -0.2) is 23.9 Å². The molecular formula is C23H39NO. The van der Waals surface area contributed by atoms with Gasteiger partial charge in [-0.05, 0) is 31.9 Å². The molecule has 0 unspecified atom stereocenters. The second kappa shape index (κ2) is 13.9. The smallest absolute Gasteiger partial charge is 0.253 e. The zero-order valence-corrected chi connectivity index (χ0v) is 16.9. The van der Waals surface area contributed by atoms with E-state index in [1.165, 1.54) is 57.8 Å². The average Bonchev–Trinajstić information content (AvgIpc) is 2.62. The first-order valence-electron chi connectivity index (χ1n) is 10.5. The molecule has 0 aliphatic rings. The second-order valence-electron chi connectivity index (χ2n) is 7.34. The second-order valence-corrected chi connectivity index (χ2v) is 7.34. The van der Waals surface area contributed by atoms with E-state index >= 15 is 0 Å². The Morgan fingerprint density at radius 1 is 0.800 bits per heavy atom. The van der Waals surface area contributed by atoms with Gasteiger partial charge in [-0.1, -0.05) is 89.3 Å². The SMILES string of the molecule is CCCCCCCCN(CCCCCCC)C(=O)c1cccc(C)c1. The molecule has 0 fully saturated rings. The van der Waals surface area contributed by atoms with Crippen molar-refractivity contribution in [1.29, 1.82) is 0 Å². The van der Waals surface area contributed by atoms with Crippen LogP contribution in [0.25, 0.3) is 0 Å². The predicted octanol–water partition coefficient (Wildman–Crippen LogP) is 6.77. The minimum atomic E-state index is 0.216. The summed E-state index contributed by atoms with van der Waals surface area (Å²) >= 11 is 0. The van der Waals surface area contributed by atoms with Crippen LogP contribution in [0, 0.1) is 6.92 Å². The molecule has 0 saturated heterocycles. The molecule has 2 nitrogen and oxygen atoms in total. The van der Waals surface area contributed by atoms with Crippen molar-refractivity contribution in [3.05, 3.63) is 35.4 Å². The lowest BCUT2D eigenvalue weighted by atomic mass is 10.1. The highest BCUT2D eigenvalue weighted by molar-refractivity contribution is 5.94. The third kappa shape index (κ3) is 9.67. The lowest BCUT2D eigenvalue weighted by Gasteiger charge is -2.23. The Morgan fingerprint density at radius 3 is 1.84 bits per heavy atom. The molecule has 0 aliphatic heterocycles. The van der Waals surface area contributed by atoms with E-state index in [-0.39, 0.29) is 5.91 Å². The van der Waals surface area contributed by atoms with Gasteiger partial charge in [0.25, 0.3) is 5.91 Å². The molecule has 0 heterocycles. The van der Waals surface area contributed by atoms with Crippen molar-refractivity contribution < 1.29 is 4.79 Å². The molecule has 0 radical (unpaired) electrons. The highest BCUT2D eigenvalue weighted by atomic mass is 16.2. The summed E-state index contributed by atoms with van der Waals surface area (Å²) in [5.41, 5.74) is 2.01. The van der Waals surface area contributed by atoms with Crippen molar-refractivity contribution in [2.24, 2.45) is 0 Å². The summed E-state index contributed by atoms with van der Waals surface area (Å²) in [4.78, 5) is 15.0. The number of benzene rings is 1. The van der Waals surface area contributed by atoms with Crippen LogP contribution in [-0.2, 0) is 0 Å². The molecule has 0 atom stereocenters. The lowest BCUT2D eigenvalue weighted by Crippen LogP contribution is -2.33. The Labute approximate surface area is 156 Å². The highest BCUT2D eigenvalue weighted by Gasteiger charge is 2.15. The van der Waals surface area contributed by atoms with E-state index in [1.807, 2.05) is 18.2 Å². The van der Waals surface area contributed by atoms with Crippen LogP contribution >= 0.6 is 0 Å². The largest absolute Gasteiger partial charge is 0.339 e. The van der Waals surface area contributed by atoms with Crippen molar-refractivity contribution in [1.82, 2.24) is 4.90 Å². The molecule has 1 rings (SSSR count). The fourth-order valence-electron chi connectivity index (χ4n) is 3.26. The maximum absolute atomic E-state index is 12.9. The summed E-state index contributed by atoms with van der Waals surface area (Å²) in [6.07, 6.45) is 13.9. The molecule has 142 valence electrons. The number of hydrogen-bond acceptors (Lipinski definition) is 1. The van der Waals surface area contributed by atoms with E-state index in [9.17, 15) is 4.79 Å². The van der Waals surface area contributed by atoms with Crippen LogP contribution in [0.4, 0.5) is 0 Å². The zero-order valence-electron chi connectivity index (χ0n) is 16.9. The van der Waals surface area contributed by atoms with E-state index in [1.54, 1.807) is 0 Å². The van der Waals surface area contributed by atoms with Gasteiger partial charge in [-0.2, -0.15) is 0 Å². The maximum atomic E-state index is 12.9. The van der Waals surface area contributed by atoms with Crippen molar-refractivity contribution in [3.8, 4) is 0 Å². The van der Waals surface area contributed by atoms with Gasteiger partial charge >= 0.3 is 0 Å². The first kappa shape index (κ1) is 21.7. The minimum Gasteiger partial charge on any atom is -0.339 e. The number of unbranched alkanes of at least 4 members (excludes halogenated alkanes) is 9. The summed E-state index contributed by atoms with van der Waals surface area (Å²) in [6.45, 7) is 8.37. The van der Waals surface area contributed by atoms with Crippen molar-refractivity contribution in [2.45, 2.75) is 91.4 Å². The molecule has 2 heteroatoms. The van der Waals surface area contributed by atoms with E-state index in [4.69, 9.17) is 0 Å². The third-order valence-corrected chi connectivity index (χ3v) is 4.87. The quantitative estimate of drug-likeness (QED) is 0.341. The molecule has 0 aliphatic carbocycles. The van der Waals surface area contributed by atoms with E-state index in [2.05, 4.69) is 31.7 Å². The molecular weight excluding hydrogens is 306 g/mol. The minimum absolute atomic E-state index is 0.216. The fraction of sp³-hybridized carbons (Fsp3) is 0.696. The monoisotopic (exact) mass is 345 g/mol. The number of aryl methyl sites for hydroxylation is 1. The van der Waals surface area contributed by atoms with Gasteiger partial charge in [-0.25, -0.2) is 0 Å². The number of hydrogen-bond donors (Lipinski definition) is 0. The van der Waals surface area contributed by atoms with Crippen LogP contribution in [0.15, 0.2) is 24.3 Å². The Hall–Kier alpha value is -1.31. The normalized spacial score (nSPS) is 10.8. The molecule has 1 aromatic rings. The van der Waals surface area contributed by atoms with E-state index in [0.717, 1.165) is 37.1 Å². The number of amides is 1. The maximum Gasteiger partial charge on any atom is 0.253 e. The standard InChI is InChI=1S/C23H39NO/c1-4-6-8-10-12-14-19-24(18-13-11-9-7-5-2)23(25)22-17-15-16-21(3)20-22/h15-17,20H,4-14,18-19H2,1-3H3. The number of nitrogens with zero attached hydrogens (tertiary/aromatic N) is 1. The van der Waals surface area contributed by atoms with Crippen LogP contribution < -0.4 is 0 Å². The average molecular weight is 346 g/mol. The van der Waals surface area contributed by atoms with Gasteiger partial charge in [0.1, 0.15) is 0 Å². The summed E-state index contributed by atoms with van der Waals surface area (Å²) in [6, 6.07) is 8.03. The van der Waals surface area contributed by atoms with Crippen molar-refractivity contribution in [2.75, 3.05) is 13.1 Å². The molecule has 0 N–H and O–H groups in total. The van der Waals surface area contributed by atoms with E-state index in [0.29, 0.717) is 0 Å². The van der Waals surface area contributed by atoms with Gasteiger partial charge in [0.05, 0.1) is 0 Å². The van der Waals surface area contributed by atoms with Crippen LogP contribution in [0.1, 0.15) is 100 Å². The van der Waals surface area contributed by atoms with E-state index < -0.39 is 0 Å². The Morgan fingerprint density at radius 2 is 1.32 bits per heavy atom. The third-order valence-electron chi connectivity index (χ3n) is 4.87.